The van der Waals surface area contributed by atoms with Crippen molar-refractivity contribution >= 4 is 33.7 Å². The highest BCUT2D eigenvalue weighted by atomic mass is 79.9. The molecule has 0 bridgehead atoms. The number of rotatable bonds is 17. The van der Waals surface area contributed by atoms with Gasteiger partial charge in [0.25, 0.3) is 0 Å². The van der Waals surface area contributed by atoms with E-state index in [-0.39, 0.29) is 49.4 Å². The second kappa shape index (κ2) is 18.2. The van der Waals surface area contributed by atoms with Gasteiger partial charge in [0.1, 0.15) is 24.5 Å². The van der Waals surface area contributed by atoms with Gasteiger partial charge in [0, 0.05) is 49.2 Å². The number of carbonyl (C=O) groups excluding carboxylic acids is 3. The number of aliphatic hydroxyl groups excluding tert-OH is 2. The zero-order chi connectivity index (χ0) is 35.4. The Bertz CT molecular complexity index is 1520. The third kappa shape index (κ3) is 11.2. The third-order valence-corrected chi connectivity index (χ3v) is 8.18. The first-order valence-corrected chi connectivity index (χ1v) is 16.7. The summed E-state index contributed by atoms with van der Waals surface area (Å²) in [4.78, 5) is 38.9. The summed E-state index contributed by atoms with van der Waals surface area (Å²) >= 11 is 3.02. The van der Waals surface area contributed by atoms with Crippen LogP contribution >= 0.6 is 15.9 Å². The molecule has 0 aliphatic rings. The molecular weight excluding hydrogens is 690 g/mol. The number of nitrogens with zero attached hydrogens (tertiary/aromatic N) is 2. The molecule has 3 amide bonds. The molecule has 3 rings (SSSR count). The zero-order valence-electron chi connectivity index (χ0n) is 27.4. The van der Waals surface area contributed by atoms with Crippen LogP contribution in [0.2, 0.25) is 0 Å². The van der Waals surface area contributed by atoms with Crippen LogP contribution in [0.4, 0.5) is 8.78 Å². The quantitative estimate of drug-likeness (QED) is 0.0706. The van der Waals surface area contributed by atoms with Crippen LogP contribution in [0.25, 0.3) is 11.1 Å². The van der Waals surface area contributed by atoms with Crippen molar-refractivity contribution in [1.29, 1.82) is 0 Å². The lowest BCUT2D eigenvalue weighted by Crippen LogP contribution is -2.49. The Kier molecular flexibility index (Phi) is 14.7. The molecule has 0 aliphatic carbocycles. The number of aromatic nitrogens is 1. The van der Waals surface area contributed by atoms with E-state index in [0.29, 0.717) is 17.8 Å². The van der Waals surface area contributed by atoms with Crippen LogP contribution in [0.3, 0.4) is 0 Å². The Hall–Kier alpha value is -3.69. The van der Waals surface area contributed by atoms with E-state index in [1.54, 1.807) is 12.3 Å². The fourth-order valence-electron chi connectivity index (χ4n) is 5.40. The summed E-state index contributed by atoms with van der Waals surface area (Å²) in [5.74, 6) is -2.52. The number of nitrogens with two attached hydrogens (primary N) is 1. The Morgan fingerprint density at radius 2 is 1.75 bits per heavy atom. The van der Waals surface area contributed by atoms with Gasteiger partial charge in [-0.3, -0.25) is 19.7 Å². The van der Waals surface area contributed by atoms with Gasteiger partial charge in [0.15, 0.2) is 0 Å². The molecule has 3 aromatic rings. The summed E-state index contributed by atoms with van der Waals surface area (Å²) < 4.78 is 31.1. The molecule has 48 heavy (non-hydrogen) atoms. The molecule has 262 valence electrons. The monoisotopic (exact) mass is 734 g/mol. The van der Waals surface area contributed by atoms with Gasteiger partial charge in [-0.2, -0.15) is 0 Å². The number of nitrogens with one attached hydrogen (secondary N) is 3. The minimum absolute atomic E-state index is 0.00500. The molecule has 11 nitrogen and oxygen atoms in total. The Morgan fingerprint density at radius 3 is 2.40 bits per heavy atom. The van der Waals surface area contributed by atoms with Crippen LogP contribution in [-0.4, -0.2) is 87.8 Å². The molecule has 1 unspecified atom stereocenters. The highest BCUT2D eigenvalue weighted by molar-refractivity contribution is 9.09. The number of amides is 3. The number of carbonyl (C=O) groups is 3. The summed E-state index contributed by atoms with van der Waals surface area (Å²) in [6.07, 6.45) is 0.772. The first-order chi connectivity index (χ1) is 22.7. The minimum atomic E-state index is -1.01. The van der Waals surface area contributed by atoms with Gasteiger partial charge in [0.2, 0.25) is 17.7 Å². The summed E-state index contributed by atoms with van der Waals surface area (Å²) in [5, 5.41) is 28.0. The first kappa shape index (κ1) is 38.8. The van der Waals surface area contributed by atoms with Gasteiger partial charge < -0.3 is 36.0 Å². The summed E-state index contributed by atoms with van der Waals surface area (Å²) in [7, 11) is 0. The van der Waals surface area contributed by atoms with Crippen molar-refractivity contribution in [1.82, 2.24) is 25.4 Å². The Balaban J connectivity index is 1.83. The smallest absolute Gasteiger partial charge is 0.248 e. The maximum atomic E-state index is 15.0. The van der Waals surface area contributed by atoms with Gasteiger partial charge >= 0.3 is 0 Å². The van der Waals surface area contributed by atoms with E-state index in [0.717, 1.165) is 23.8 Å². The zero-order valence-corrected chi connectivity index (χ0v) is 29.0. The lowest BCUT2D eigenvalue weighted by atomic mass is 9.82. The van der Waals surface area contributed by atoms with Crippen molar-refractivity contribution in [2.24, 2.45) is 11.1 Å². The molecular formula is C34H45BrF2N6O5. The van der Waals surface area contributed by atoms with E-state index < -0.39 is 53.8 Å². The van der Waals surface area contributed by atoms with Gasteiger partial charge in [0.05, 0.1) is 24.0 Å². The summed E-state index contributed by atoms with van der Waals surface area (Å²) in [5.41, 5.74) is 7.66. The molecule has 7 N–H and O–H groups in total. The molecule has 3 atom stereocenters. The third-order valence-electron chi connectivity index (χ3n) is 7.67. The topological polar surface area (TPSA) is 162 Å². The number of alkyl halides is 1. The molecule has 0 saturated carbocycles. The fourth-order valence-corrected chi connectivity index (χ4v) is 5.59. The van der Waals surface area contributed by atoms with E-state index >= 15 is 0 Å². The minimum Gasteiger partial charge on any atom is -0.387 e. The standard InChI is InChI=1S/C34H45BrF2N6O5/c1-34(2,3)32(28-15-23(25-16-24(36)9-10-26(25)37)20-42(28)19-22-7-5-4-6-8-22)43(31(47)21-44)14-11-27(38)33(48)40-13-12-39-30(46)18-41-29(45)17-35/h4-10,15-16,20,27,30,32,39,44,46H,11-14,17-19,21,38H2,1-3H3,(H,40,48)(H,41,45)/t27-,30?,32-/m0/s1. The average Bonchev–Trinajstić information content (AvgIpc) is 3.46. The SMILES string of the molecule is CC(C)(C)[C@H](c1cc(-c2cc(F)ccc2F)cn1Cc1ccccc1)N(CC[C@H](N)C(=O)NCCNC(O)CNC(=O)CBr)C(=O)CO. The van der Waals surface area contributed by atoms with Gasteiger partial charge in [-0.15, -0.1) is 0 Å². The van der Waals surface area contributed by atoms with E-state index in [9.17, 15) is 33.4 Å². The van der Waals surface area contributed by atoms with Gasteiger partial charge in [-0.05, 0) is 41.7 Å². The fraction of sp³-hybridized carbons (Fsp3) is 0.441. The molecule has 0 radical (unpaired) electrons. The highest BCUT2D eigenvalue weighted by Crippen LogP contribution is 2.41. The molecule has 0 saturated heterocycles. The number of hydrogen-bond donors (Lipinski definition) is 6. The maximum absolute atomic E-state index is 15.0. The normalized spacial score (nSPS) is 13.4. The van der Waals surface area contributed by atoms with E-state index in [2.05, 4.69) is 31.9 Å². The lowest BCUT2D eigenvalue weighted by molar-refractivity contribution is -0.140. The number of halogens is 3. The van der Waals surface area contributed by atoms with Crippen LogP contribution < -0.4 is 21.7 Å². The van der Waals surface area contributed by atoms with Crippen LogP contribution in [0, 0.1) is 17.0 Å². The lowest BCUT2D eigenvalue weighted by Gasteiger charge is -2.41. The van der Waals surface area contributed by atoms with Crippen molar-refractivity contribution < 1.29 is 33.4 Å². The van der Waals surface area contributed by atoms with E-state index in [1.165, 1.54) is 4.90 Å². The highest BCUT2D eigenvalue weighted by Gasteiger charge is 2.37. The van der Waals surface area contributed by atoms with Crippen molar-refractivity contribution in [3.05, 3.63) is 83.7 Å². The molecule has 0 fully saturated rings. The average molecular weight is 736 g/mol. The van der Waals surface area contributed by atoms with Crippen LogP contribution in [0.5, 0.6) is 0 Å². The van der Waals surface area contributed by atoms with Crippen LogP contribution in [0.1, 0.15) is 44.5 Å². The molecule has 1 heterocycles. The number of aliphatic hydroxyl groups is 2. The van der Waals surface area contributed by atoms with Crippen LogP contribution in [-0.2, 0) is 20.9 Å². The largest absolute Gasteiger partial charge is 0.387 e. The predicted molar refractivity (Wildman–Crippen MR) is 183 cm³/mol. The molecule has 0 aliphatic heterocycles. The Morgan fingerprint density at radius 1 is 1.04 bits per heavy atom. The van der Waals surface area contributed by atoms with Crippen molar-refractivity contribution in [3.63, 3.8) is 0 Å². The van der Waals surface area contributed by atoms with E-state index in [1.807, 2.05) is 55.7 Å². The molecule has 0 spiro atoms. The van der Waals surface area contributed by atoms with Crippen molar-refractivity contribution in [3.8, 4) is 11.1 Å². The van der Waals surface area contributed by atoms with Gasteiger partial charge in [-0.25, -0.2) is 8.78 Å². The van der Waals surface area contributed by atoms with Crippen molar-refractivity contribution in [2.75, 3.05) is 38.1 Å². The summed E-state index contributed by atoms with van der Waals surface area (Å²) in [6.45, 7) is 5.72. The van der Waals surface area contributed by atoms with Gasteiger partial charge in [-0.1, -0.05) is 67.0 Å². The second-order valence-corrected chi connectivity index (χ2v) is 13.1. The molecule has 1 aromatic heterocycles. The maximum Gasteiger partial charge on any atom is 0.248 e. The molecule has 2 aromatic carbocycles. The first-order valence-electron chi connectivity index (χ1n) is 15.6. The number of benzene rings is 2. The van der Waals surface area contributed by atoms with Crippen molar-refractivity contribution in [2.45, 2.75) is 52.0 Å². The predicted octanol–water partition coefficient (Wildman–Crippen LogP) is 2.64. The second-order valence-electron chi connectivity index (χ2n) is 12.5. The van der Waals surface area contributed by atoms with Crippen LogP contribution in [0.15, 0.2) is 60.8 Å². The summed E-state index contributed by atoms with van der Waals surface area (Å²) in [6, 6.07) is 12.8. The molecule has 14 heteroatoms. The van der Waals surface area contributed by atoms with E-state index in [4.69, 9.17) is 5.73 Å². The Labute approximate surface area is 288 Å². The number of hydrogen-bond acceptors (Lipinski definition) is 7.